The fourth-order valence-electron chi connectivity index (χ4n) is 3.15. The van der Waals surface area contributed by atoms with Gasteiger partial charge in [-0.1, -0.05) is 60.7 Å². The van der Waals surface area contributed by atoms with Crippen molar-refractivity contribution in [3.05, 3.63) is 34.3 Å². The molecule has 17 heavy (non-hydrogen) atoms. The Balaban J connectivity index is 2.12. The number of rotatable bonds is 3. The summed E-state index contributed by atoms with van der Waals surface area (Å²) >= 11 is 3.48. The first kappa shape index (κ1) is 13.1. The van der Waals surface area contributed by atoms with Crippen molar-refractivity contribution in [2.75, 3.05) is 0 Å². The number of benzene rings is 1. The Kier molecular flexibility index (Phi) is 4.63. The molecule has 2 N–H and O–H groups in total. The number of hydrogen-bond acceptors (Lipinski definition) is 1. The molecule has 2 heteroatoms. The van der Waals surface area contributed by atoms with Gasteiger partial charge in [-0.15, -0.1) is 0 Å². The molecule has 94 valence electrons. The van der Waals surface area contributed by atoms with Crippen LogP contribution in [0.1, 0.15) is 50.6 Å². The minimum atomic E-state index is 0.216. The lowest BCUT2D eigenvalue weighted by Gasteiger charge is -2.35. The maximum atomic E-state index is 6.47. The summed E-state index contributed by atoms with van der Waals surface area (Å²) < 4.78 is 1.13. The Morgan fingerprint density at radius 1 is 1.24 bits per heavy atom. The molecule has 0 heterocycles. The highest BCUT2D eigenvalue weighted by atomic mass is 79.9. The quantitative estimate of drug-likeness (QED) is 0.862. The van der Waals surface area contributed by atoms with Crippen LogP contribution in [0, 0.1) is 11.8 Å². The van der Waals surface area contributed by atoms with Gasteiger partial charge in [0.1, 0.15) is 0 Å². The number of hydrogen-bond donors (Lipinski definition) is 1. The molecule has 0 saturated heterocycles. The van der Waals surface area contributed by atoms with Gasteiger partial charge < -0.3 is 5.73 Å². The van der Waals surface area contributed by atoms with Crippen LogP contribution in [0.5, 0.6) is 0 Å². The van der Waals surface area contributed by atoms with E-state index in [1.807, 2.05) is 0 Å². The molecule has 0 amide bonds. The molecule has 0 aliphatic heterocycles. The summed E-state index contributed by atoms with van der Waals surface area (Å²) in [7, 11) is 0. The lowest BCUT2D eigenvalue weighted by Crippen LogP contribution is -2.30. The summed E-state index contributed by atoms with van der Waals surface area (Å²) in [5, 5.41) is 0. The van der Waals surface area contributed by atoms with E-state index in [1.165, 1.54) is 37.7 Å². The molecule has 1 aliphatic rings. The van der Waals surface area contributed by atoms with E-state index in [2.05, 4.69) is 47.1 Å². The molecular formula is C15H22BrN. The molecule has 3 atom stereocenters. The largest absolute Gasteiger partial charge is 0.324 e. The van der Waals surface area contributed by atoms with Gasteiger partial charge in [-0.05, 0) is 36.0 Å². The van der Waals surface area contributed by atoms with E-state index in [9.17, 15) is 0 Å². The van der Waals surface area contributed by atoms with Crippen molar-refractivity contribution in [2.24, 2.45) is 17.6 Å². The second-order valence-corrected chi connectivity index (χ2v) is 6.11. The summed E-state index contributed by atoms with van der Waals surface area (Å²) in [5.41, 5.74) is 7.76. The highest BCUT2D eigenvalue weighted by Crippen LogP contribution is 2.39. The van der Waals surface area contributed by atoms with E-state index in [1.54, 1.807) is 0 Å². The van der Waals surface area contributed by atoms with Crippen LogP contribution in [0.3, 0.4) is 0 Å². The lowest BCUT2D eigenvalue weighted by atomic mass is 9.73. The van der Waals surface area contributed by atoms with Gasteiger partial charge in [0.05, 0.1) is 0 Å². The molecule has 2 rings (SSSR count). The first-order valence-corrected chi connectivity index (χ1v) is 7.52. The van der Waals surface area contributed by atoms with E-state index in [0.717, 1.165) is 10.4 Å². The van der Waals surface area contributed by atoms with E-state index >= 15 is 0 Å². The Bertz CT molecular complexity index is 346. The van der Waals surface area contributed by atoms with Crippen molar-refractivity contribution in [2.45, 2.75) is 45.1 Å². The van der Waals surface area contributed by atoms with E-state index in [0.29, 0.717) is 5.92 Å². The van der Waals surface area contributed by atoms with Crippen molar-refractivity contribution < 1.29 is 0 Å². The molecule has 0 aromatic heterocycles. The first-order chi connectivity index (χ1) is 8.22. The summed E-state index contributed by atoms with van der Waals surface area (Å²) in [6, 6.07) is 8.73. The van der Waals surface area contributed by atoms with Gasteiger partial charge in [-0.3, -0.25) is 0 Å². The smallest absolute Gasteiger partial charge is 0.0326 e. The van der Waals surface area contributed by atoms with Crippen LogP contribution in [0.25, 0.3) is 0 Å². The summed E-state index contributed by atoms with van der Waals surface area (Å²) in [4.78, 5) is 0. The fourth-order valence-corrected chi connectivity index (χ4v) is 3.41. The average molecular weight is 296 g/mol. The third-order valence-corrected chi connectivity index (χ3v) is 4.74. The van der Waals surface area contributed by atoms with Crippen LogP contribution in [-0.2, 0) is 0 Å². The maximum Gasteiger partial charge on any atom is 0.0326 e. The van der Waals surface area contributed by atoms with Gasteiger partial charge in [-0.25, -0.2) is 0 Å². The van der Waals surface area contributed by atoms with E-state index < -0.39 is 0 Å². The molecule has 1 nitrogen and oxygen atoms in total. The van der Waals surface area contributed by atoms with Crippen LogP contribution < -0.4 is 5.73 Å². The van der Waals surface area contributed by atoms with Crippen molar-refractivity contribution in [3.8, 4) is 0 Å². The Morgan fingerprint density at radius 2 is 1.88 bits per heavy atom. The zero-order valence-electron chi connectivity index (χ0n) is 10.5. The maximum absolute atomic E-state index is 6.47. The minimum Gasteiger partial charge on any atom is -0.324 e. The fraction of sp³-hybridized carbons (Fsp3) is 0.600. The Labute approximate surface area is 113 Å². The van der Waals surface area contributed by atoms with Crippen LogP contribution in [0.2, 0.25) is 0 Å². The van der Waals surface area contributed by atoms with Crippen molar-refractivity contribution in [1.29, 1.82) is 0 Å². The van der Waals surface area contributed by atoms with Crippen LogP contribution in [0.4, 0.5) is 0 Å². The predicted octanol–water partition coefficient (Wildman–Crippen LogP) is 4.67. The second-order valence-electron chi connectivity index (χ2n) is 5.19. The minimum absolute atomic E-state index is 0.216. The van der Waals surface area contributed by atoms with Gasteiger partial charge >= 0.3 is 0 Å². The standard InChI is InChI=1S/C15H22BrN/c1-2-11-5-3-4-6-14(11)15(17)12-7-9-13(16)10-8-12/h7-11,14-15H,2-6,17H2,1H3. The highest BCUT2D eigenvalue weighted by Gasteiger charge is 2.29. The molecule has 1 aromatic carbocycles. The zero-order chi connectivity index (χ0) is 12.3. The second kappa shape index (κ2) is 6.01. The number of halogens is 1. The summed E-state index contributed by atoms with van der Waals surface area (Å²) in [6.07, 6.45) is 6.68. The van der Waals surface area contributed by atoms with Gasteiger partial charge in [0.2, 0.25) is 0 Å². The van der Waals surface area contributed by atoms with Crippen LogP contribution in [0.15, 0.2) is 28.7 Å². The predicted molar refractivity (Wildman–Crippen MR) is 76.8 cm³/mol. The normalized spacial score (nSPS) is 26.8. The third-order valence-electron chi connectivity index (χ3n) is 4.21. The topological polar surface area (TPSA) is 26.0 Å². The molecule has 3 unspecified atom stereocenters. The SMILES string of the molecule is CCC1CCCCC1C(N)c1ccc(Br)cc1. The van der Waals surface area contributed by atoms with Crippen molar-refractivity contribution in [3.63, 3.8) is 0 Å². The van der Waals surface area contributed by atoms with Crippen LogP contribution in [-0.4, -0.2) is 0 Å². The number of nitrogens with two attached hydrogens (primary N) is 1. The summed E-state index contributed by atoms with van der Waals surface area (Å²) in [5.74, 6) is 1.50. The molecule has 1 saturated carbocycles. The van der Waals surface area contributed by atoms with Crippen molar-refractivity contribution in [1.82, 2.24) is 0 Å². The molecule has 1 fully saturated rings. The van der Waals surface area contributed by atoms with Gasteiger partial charge in [-0.2, -0.15) is 0 Å². The molecule has 1 aliphatic carbocycles. The molecule has 0 spiro atoms. The zero-order valence-corrected chi connectivity index (χ0v) is 12.1. The summed E-state index contributed by atoms with van der Waals surface area (Å²) in [6.45, 7) is 2.30. The van der Waals surface area contributed by atoms with Gasteiger partial charge in [0, 0.05) is 10.5 Å². The third kappa shape index (κ3) is 3.11. The average Bonchev–Trinajstić information content (AvgIpc) is 2.39. The van der Waals surface area contributed by atoms with Gasteiger partial charge in [0.25, 0.3) is 0 Å². The van der Waals surface area contributed by atoms with E-state index in [-0.39, 0.29) is 6.04 Å². The Morgan fingerprint density at radius 3 is 2.53 bits per heavy atom. The Hall–Kier alpha value is -0.340. The molecule has 0 bridgehead atoms. The monoisotopic (exact) mass is 295 g/mol. The molecule has 0 radical (unpaired) electrons. The van der Waals surface area contributed by atoms with Crippen molar-refractivity contribution >= 4 is 15.9 Å². The highest BCUT2D eigenvalue weighted by molar-refractivity contribution is 9.10. The lowest BCUT2D eigenvalue weighted by molar-refractivity contribution is 0.196. The van der Waals surface area contributed by atoms with E-state index in [4.69, 9.17) is 5.73 Å². The van der Waals surface area contributed by atoms with Crippen LogP contribution >= 0.6 is 15.9 Å². The van der Waals surface area contributed by atoms with Gasteiger partial charge in [0.15, 0.2) is 0 Å². The first-order valence-electron chi connectivity index (χ1n) is 6.73. The molecular weight excluding hydrogens is 274 g/mol. The molecule has 1 aromatic rings.